The summed E-state index contributed by atoms with van der Waals surface area (Å²) in [5.41, 5.74) is 1.19. The molecule has 1 aromatic carbocycles. The third kappa shape index (κ3) is 4.72. The standard InChI is InChI=1S/C22H21N5O7S/c28-20(32-14-19-24-21(25-34-19)15-4-3-8-23-13-15)7-11-27-17-6-5-16(12-18(17)33-22(27)29)35(30,31)26-9-1-2-10-26/h3-6,8,12-13H,1-2,7,9-11,14H2. The van der Waals surface area contributed by atoms with Gasteiger partial charge in [-0.05, 0) is 37.1 Å². The molecule has 4 heterocycles. The fourth-order valence-corrected chi connectivity index (χ4v) is 5.37. The molecule has 1 fully saturated rings. The minimum absolute atomic E-state index is 0.00629. The molecule has 5 rings (SSSR count). The second-order valence-corrected chi connectivity index (χ2v) is 9.86. The summed E-state index contributed by atoms with van der Waals surface area (Å²) in [6, 6.07) is 7.79. The number of aromatic nitrogens is 4. The predicted octanol–water partition coefficient (Wildman–Crippen LogP) is 1.96. The molecule has 0 unspecified atom stereocenters. The Bertz CT molecular complexity index is 1520. The Morgan fingerprint density at radius 3 is 2.77 bits per heavy atom. The van der Waals surface area contributed by atoms with E-state index >= 15 is 0 Å². The van der Waals surface area contributed by atoms with Gasteiger partial charge in [-0.25, -0.2) is 13.2 Å². The van der Waals surface area contributed by atoms with Crippen LogP contribution in [0, 0.1) is 0 Å². The minimum atomic E-state index is -3.64. The van der Waals surface area contributed by atoms with Gasteiger partial charge in [0.05, 0.1) is 16.8 Å². The molecule has 4 aromatic rings. The quantitative estimate of drug-likeness (QED) is 0.329. The molecule has 0 spiro atoms. The number of ether oxygens (including phenoxy) is 1. The average Bonchev–Trinajstić information content (AvgIpc) is 3.62. The van der Waals surface area contributed by atoms with Gasteiger partial charge in [0.2, 0.25) is 15.8 Å². The summed E-state index contributed by atoms with van der Waals surface area (Å²) in [5, 5.41) is 3.83. The molecule has 1 aliphatic heterocycles. The highest BCUT2D eigenvalue weighted by molar-refractivity contribution is 7.89. The van der Waals surface area contributed by atoms with Crippen molar-refractivity contribution in [2.75, 3.05) is 13.1 Å². The number of pyridine rings is 1. The van der Waals surface area contributed by atoms with Crippen LogP contribution in [0.3, 0.4) is 0 Å². The Kier molecular flexibility index (Phi) is 6.17. The zero-order valence-electron chi connectivity index (χ0n) is 18.5. The lowest BCUT2D eigenvalue weighted by molar-refractivity contribution is -0.146. The van der Waals surface area contributed by atoms with Crippen molar-refractivity contribution in [3.05, 3.63) is 59.2 Å². The van der Waals surface area contributed by atoms with Crippen LogP contribution < -0.4 is 5.76 Å². The number of sulfonamides is 1. The van der Waals surface area contributed by atoms with Gasteiger partial charge < -0.3 is 13.7 Å². The van der Waals surface area contributed by atoms with E-state index in [1.807, 2.05) is 0 Å². The number of esters is 1. The Labute approximate surface area is 199 Å². The molecule has 1 saturated heterocycles. The summed E-state index contributed by atoms with van der Waals surface area (Å²) < 4.78 is 43.7. The van der Waals surface area contributed by atoms with Crippen molar-refractivity contribution >= 4 is 27.1 Å². The summed E-state index contributed by atoms with van der Waals surface area (Å²) in [6.45, 7) is 0.724. The maximum Gasteiger partial charge on any atom is 0.419 e. The largest absolute Gasteiger partial charge is 0.456 e. The second kappa shape index (κ2) is 9.43. The van der Waals surface area contributed by atoms with Crippen LogP contribution in [0.1, 0.15) is 25.2 Å². The monoisotopic (exact) mass is 499 g/mol. The highest BCUT2D eigenvalue weighted by Gasteiger charge is 2.28. The number of rotatable bonds is 8. The summed E-state index contributed by atoms with van der Waals surface area (Å²) in [7, 11) is -3.64. The SMILES string of the molecule is O=C(CCn1c(=O)oc2cc(S(=O)(=O)N3CCCC3)ccc21)OCc1nc(-c2cccnc2)no1. The number of carbonyl (C=O) groups excluding carboxylic acids is 1. The molecule has 35 heavy (non-hydrogen) atoms. The van der Waals surface area contributed by atoms with Gasteiger partial charge in [-0.2, -0.15) is 9.29 Å². The molecule has 0 N–H and O–H groups in total. The van der Waals surface area contributed by atoms with Crippen LogP contribution in [0.15, 0.2) is 61.4 Å². The molecule has 182 valence electrons. The second-order valence-electron chi connectivity index (χ2n) is 7.92. The van der Waals surface area contributed by atoms with Crippen LogP contribution in [0.25, 0.3) is 22.5 Å². The summed E-state index contributed by atoms with van der Waals surface area (Å²) in [6.07, 6.45) is 4.73. The normalized spacial score (nSPS) is 14.5. The lowest BCUT2D eigenvalue weighted by Gasteiger charge is -2.15. The average molecular weight is 500 g/mol. The molecule has 0 radical (unpaired) electrons. The third-order valence-electron chi connectivity index (χ3n) is 5.63. The first kappa shape index (κ1) is 22.9. The van der Waals surface area contributed by atoms with Gasteiger partial charge in [0.15, 0.2) is 12.2 Å². The van der Waals surface area contributed by atoms with E-state index in [1.54, 1.807) is 24.5 Å². The molecule has 3 aromatic heterocycles. The van der Waals surface area contributed by atoms with Crippen LogP contribution in [-0.2, 0) is 32.7 Å². The Morgan fingerprint density at radius 2 is 2.00 bits per heavy atom. The lowest BCUT2D eigenvalue weighted by Crippen LogP contribution is -2.27. The minimum Gasteiger partial charge on any atom is -0.456 e. The van der Waals surface area contributed by atoms with Crippen molar-refractivity contribution in [3.8, 4) is 11.4 Å². The van der Waals surface area contributed by atoms with Gasteiger partial charge in [0.1, 0.15) is 0 Å². The van der Waals surface area contributed by atoms with E-state index in [-0.39, 0.29) is 35.9 Å². The summed E-state index contributed by atoms with van der Waals surface area (Å²) in [4.78, 5) is 32.8. The third-order valence-corrected chi connectivity index (χ3v) is 7.52. The molecule has 0 amide bonds. The molecular formula is C22H21N5O7S. The van der Waals surface area contributed by atoms with E-state index in [0.717, 1.165) is 12.8 Å². The number of hydrogen-bond donors (Lipinski definition) is 0. The Balaban J connectivity index is 1.22. The first-order chi connectivity index (χ1) is 16.9. The van der Waals surface area contributed by atoms with Crippen LogP contribution in [0.2, 0.25) is 0 Å². The molecule has 12 nitrogen and oxygen atoms in total. The molecule has 0 saturated carbocycles. The van der Waals surface area contributed by atoms with E-state index in [2.05, 4.69) is 15.1 Å². The number of oxazole rings is 1. The topological polar surface area (TPSA) is 151 Å². The van der Waals surface area contributed by atoms with Crippen LogP contribution in [0.5, 0.6) is 0 Å². The zero-order valence-corrected chi connectivity index (χ0v) is 19.3. The fraction of sp³-hybridized carbons (Fsp3) is 0.318. The van der Waals surface area contributed by atoms with E-state index in [4.69, 9.17) is 13.7 Å². The van der Waals surface area contributed by atoms with Gasteiger partial charge in [-0.1, -0.05) is 5.16 Å². The molecule has 0 bridgehead atoms. The van der Waals surface area contributed by atoms with Crippen molar-refractivity contribution in [2.45, 2.75) is 37.3 Å². The highest BCUT2D eigenvalue weighted by atomic mass is 32.2. The first-order valence-corrected chi connectivity index (χ1v) is 12.4. The summed E-state index contributed by atoms with van der Waals surface area (Å²) in [5.74, 6) is -0.830. The molecular weight excluding hydrogens is 478 g/mol. The van der Waals surface area contributed by atoms with Gasteiger partial charge >= 0.3 is 11.7 Å². The molecule has 0 atom stereocenters. The van der Waals surface area contributed by atoms with Crippen molar-refractivity contribution in [2.24, 2.45) is 0 Å². The van der Waals surface area contributed by atoms with E-state index in [0.29, 0.717) is 30.0 Å². The number of carbonyl (C=O) groups is 1. The fourth-order valence-electron chi connectivity index (χ4n) is 3.84. The first-order valence-electron chi connectivity index (χ1n) is 10.9. The van der Waals surface area contributed by atoms with Gasteiger partial charge in [0, 0.05) is 43.7 Å². The zero-order chi connectivity index (χ0) is 24.4. The van der Waals surface area contributed by atoms with E-state index < -0.39 is 21.7 Å². The number of fused-ring (bicyclic) bond motifs is 1. The van der Waals surface area contributed by atoms with Gasteiger partial charge in [0.25, 0.3) is 5.89 Å². The van der Waals surface area contributed by atoms with Crippen molar-refractivity contribution < 1.29 is 26.9 Å². The molecule has 13 heteroatoms. The number of benzene rings is 1. The molecule has 1 aliphatic rings. The predicted molar refractivity (Wildman–Crippen MR) is 120 cm³/mol. The number of aryl methyl sites for hydroxylation is 1. The highest BCUT2D eigenvalue weighted by Crippen LogP contribution is 2.24. The molecule has 0 aliphatic carbocycles. The Morgan fingerprint density at radius 1 is 1.17 bits per heavy atom. The number of nitrogens with zero attached hydrogens (tertiary/aromatic N) is 5. The van der Waals surface area contributed by atoms with Crippen LogP contribution >= 0.6 is 0 Å². The summed E-state index contributed by atoms with van der Waals surface area (Å²) >= 11 is 0. The van der Waals surface area contributed by atoms with Crippen LogP contribution in [0.4, 0.5) is 0 Å². The Hall–Kier alpha value is -3.84. The van der Waals surface area contributed by atoms with Crippen molar-refractivity contribution in [1.29, 1.82) is 0 Å². The van der Waals surface area contributed by atoms with E-state index in [1.165, 1.54) is 27.1 Å². The maximum atomic E-state index is 12.8. The number of hydrogen-bond acceptors (Lipinski definition) is 10. The van der Waals surface area contributed by atoms with E-state index in [9.17, 15) is 18.0 Å². The van der Waals surface area contributed by atoms with Crippen LogP contribution in [-0.4, -0.2) is 51.5 Å². The van der Waals surface area contributed by atoms with Gasteiger partial charge in [-0.15, -0.1) is 0 Å². The smallest absolute Gasteiger partial charge is 0.419 e. The lowest BCUT2D eigenvalue weighted by atomic mass is 10.3. The maximum absolute atomic E-state index is 12.8. The van der Waals surface area contributed by atoms with Crippen molar-refractivity contribution in [1.82, 2.24) is 24.0 Å². The van der Waals surface area contributed by atoms with Crippen molar-refractivity contribution in [3.63, 3.8) is 0 Å². The van der Waals surface area contributed by atoms with Gasteiger partial charge in [-0.3, -0.25) is 14.3 Å².